The minimum Gasteiger partial charge on any atom is -0.472 e. The molecule has 0 radical (unpaired) electrons. The van der Waals surface area contributed by atoms with Gasteiger partial charge in [0, 0.05) is 19.2 Å². The van der Waals surface area contributed by atoms with Gasteiger partial charge in [0.05, 0.1) is 29.6 Å². The molecule has 2 heterocycles. The second-order valence-electron chi connectivity index (χ2n) is 3.96. The number of nitrogen functional groups attached to an aromatic ring is 1. The van der Waals surface area contributed by atoms with E-state index in [1.807, 2.05) is 6.07 Å². The number of pyridine rings is 1. The molecule has 0 unspecified atom stereocenters. The number of nitrogens with two attached hydrogens (primary N) is 1. The summed E-state index contributed by atoms with van der Waals surface area (Å²) in [5, 5.41) is 10.8. The molecular formula is C11H13N5O3. The molecule has 2 aromatic heterocycles. The molecule has 0 amide bonds. The number of rotatable bonds is 5. The Labute approximate surface area is 109 Å². The van der Waals surface area contributed by atoms with Gasteiger partial charge in [-0.25, -0.2) is 10.8 Å². The Hall–Kier alpha value is -2.61. The Morgan fingerprint density at radius 1 is 1.58 bits per heavy atom. The average molecular weight is 263 g/mol. The SMILES string of the molecule is CN(Cc1ccoc1)c1cc([N+](=O)[O-])cc(NN)n1. The van der Waals surface area contributed by atoms with Crippen molar-refractivity contribution in [1.29, 1.82) is 0 Å². The first-order valence-corrected chi connectivity index (χ1v) is 5.45. The van der Waals surface area contributed by atoms with Gasteiger partial charge in [-0.3, -0.25) is 10.1 Å². The minimum atomic E-state index is -0.488. The maximum atomic E-state index is 10.8. The molecule has 8 heteroatoms. The van der Waals surface area contributed by atoms with Crippen molar-refractivity contribution < 1.29 is 9.34 Å². The summed E-state index contributed by atoms with van der Waals surface area (Å²) < 4.78 is 4.97. The third kappa shape index (κ3) is 2.99. The highest BCUT2D eigenvalue weighted by Crippen LogP contribution is 2.23. The number of nitrogens with zero attached hydrogens (tertiary/aromatic N) is 3. The van der Waals surface area contributed by atoms with Gasteiger partial charge in [0.25, 0.3) is 5.69 Å². The van der Waals surface area contributed by atoms with Gasteiger partial charge in [-0.2, -0.15) is 0 Å². The second-order valence-corrected chi connectivity index (χ2v) is 3.96. The number of hydrogen-bond donors (Lipinski definition) is 2. The van der Waals surface area contributed by atoms with E-state index in [9.17, 15) is 10.1 Å². The minimum absolute atomic E-state index is 0.0722. The van der Waals surface area contributed by atoms with Crippen LogP contribution < -0.4 is 16.2 Å². The van der Waals surface area contributed by atoms with E-state index in [1.165, 1.54) is 12.1 Å². The van der Waals surface area contributed by atoms with E-state index in [4.69, 9.17) is 10.3 Å². The van der Waals surface area contributed by atoms with Gasteiger partial charge in [-0.05, 0) is 6.07 Å². The van der Waals surface area contributed by atoms with E-state index >= 15 is 0 Å². The van der Waals surface area contributed by atoms with Crippen molar-refractivity contribution in [3.8, 4) is 0 Å². The van der Waals surface area contributed by atoms with Gasteiger partial charge < -0.3 is 14.7 Å². The van der Waals surface area contributed by atoms with Crippen molar-refractivity contribution in [1.82, 2.24) is 4.98 Å². The number of hydrazine groups is 1. The van der Waals surface area contributed by atoms with Crippen molar-refractivity contribution in [2.24, 2.45) is 5.84 Å². The maximum Gasteiger partial charge on any atom is 0.276 e. The van der Waals surface area contributed by atoms with E-state index in [-0.39, 0.29) is 11.5 Å². The molecule has 0 aliphatic rings. The molecule has 19 heavy (non-hydrogen) atoms. The summed E-state index contributed by atoms with van der Waals surface area (Å²) in [6.45, 7) is 0.522. The molecule has 0 saturated carbocycles. The number of aromatic nitrogens is 1. The van der Waals surface area contributed by atoms with Crippen molar-refractivity contribution in [2.75, 3.05) is 17.4 Å². The number of hydrogen-bond acceptors (Lipinski definition) is 7. The summed E-state index contributed by atoms with van der Waals surface area (Å²) in [6, 6.07) is 4.48. The molecule has 2 aromatic rings. The van der Waals surface area contributed by atoms with Crippen LogP contribution in [-0.4, -0.2) is 17.0 Å². The van der Waals surface area contributed by atoms with Gasteiger partial charge in [0.2, 0.25) is 0 Å². The summed E-state index contributed by atoms with van der Waals surface area (Å²) in [5.41, 5.74) is 3.19. The van der Waals surface area contributed by atoms with Crippen molar-refractivity contribution >= 4 is 17.3 Å². The Bertz CT molecular complexity index is 570. The zero-order valence-corrected chi connectivity index (χ0v) is 10.2. The van der Waals surface area contributed by atoms with Gasteiger partial charge in [-0.1, -0.05) is 0 Å². The first-order valence-electron chi connectivity index (χ1n) is 5.45. The molecule has 3 N–H and O–H groups in total. The Morgan fingerprint density at radius 3 is 2.95 bits per heavy atom. The zero-order chi connectivity index (χ0) is 13.8. The highest BCUT2D eigenvalue weighted by molar-refractivity contribution is 5.55. The van der Waals surface area contributed by atoms with Crippen molar-refractivity contribution in [2.45, 2.75) is 6.54 Å². The Balaban J connectivity index is 2.27. The molecule has 0 aliphatic heterocycles. The number of nitro groups is 1. The number of furan rings is 1. The highest BCUT2D eigenvalue weighted by Gasteiger charge is 2.14. The highest BCUT2D eigenvalue weighted by atomic mass is 16.6. The first-order chi connectivity index (χ1) is 9.10. The maximum absolute atomic E-state index is 10.8. The molecule has 100 valence electrons. The van der Waals surface area contributed by atoms with Crippen LogP contribution in [0.3, 0.4) is 0 Å². The van der Waals surface area contributed by atoms with E-state index in [2.05, 4.69) is 10.4 Å². The van der Waals surface area contributed by atoms with Crippen molar-refractivity contribution in [3.05, 3.63) is 46.4 Å². The molecule has 0 aromatic carbocycles. The lowest BCUT2D eigenvalue weighted by atomic mass is 10.3. The molecule has 0 aliphatic carbocycles. The van der Waals surface area contributed by atoms with Crippen LogP contribution in [0, 0.1) is 10.1 Å². The van der Waals surface area contributed by atoms with Crippen LogP contribution in [0.1, 0.15) is 5.56 Å². The molecule has 0 bridgehead atoms. The van der Waals surface area contributed by atoms with Crippen LogP contribution in [0.5, 0.6) is 0 Å². The Morgan fingerprint density at radius 2 is 2.37 bits per heavy atom. The summed E-state index contributed by atoms with van der Waals surface area (Å²) >= 11 is 0. The smallest absolute Gasteiger partial charge is 0.276 e. The van der Waals surface area contributed by atoms with Crippen LogP contribution in [0.2, 0.25) is 0 Å². The molecule has 8 nitrogen and oxygen atoms in total. The summed E-state index contributed by atoms with van der Waals surface area (Å²) in [7, 11) is 1.78. The predicted octanol–water partition coefficient (Wildman–Crippen LogP) is 1.50. The largest absolute Gasteiger partial charge is 0.472 e. The average Bonchev–Trinajstić information content (AvgIpc) is 2.90. The monoisotopic (exact) mass is 263 g/mol. The molecule has 0 spiro atoms. The van der Waals surface area contributed by atoms with Crippen molar-refractivity contribution in [3.63, 3.8) is 0 Å². The normalized spacial score (nSPS) is 10.2. The summed E-state index contributed by atoms with van der Waals surface area (Å²) in [4.78, 5) is 16.3. The van der Waals surface area contributed by atoms with E-state index in [0.29, 0.717) is 12.4 Å². The van der Waals surface area contributed by atoms with Crippen LogP contribution in [0.4, 0.5) is 17.3 Å². The van der Waals surface area contributed by atoms with Crippen LogP contribution >= 0.6 is 0 Å². The van der Waals surface area contributed by atoms with E-state index < -0.39 is 4.92 Å². The van der Waals surface area contributed by atoms with Crippen LogP contribution in [0.15, 0.2) is 35.1 Å². The molecule has 0 atom stereocenters. The molecule has 0 saturated heterocycles. The van der Waals surface area contributed by atoms with Gasteiger partial charge >= 0.3 is 0 Å². The summed E-state index contributed by atoms with van der Waals surface area (Å²) in [5.74, 6) is 5.94. The molecular weight excluding hydrogens is 250 g/mol. The quantitative estimate of drug-likeness (QED) is 0.477. The number of anilines is 2. The lowest BCUT2D eigenvalue weighted by Crippen LogP contribution is -2.19. The predicted molar refractivity (Wildman–Crippen MR) is 69.5 cm³/mol. The molecule has 2 rings (SSSR count). The van der Waals surface area contributed by atoms with Crippen LogP contribution in [-0.2, 0) is 6.54 Å². The standard InChI is InChI=1S/C11H13N5O3/c1-15(6-8-2-3-19-7-8)11-5-9(16(17)18)4-10(13-11)14-12/h2-5,7H,6,12H2,1H3,(H,13,14). The lowest BCUT2D eigenvalue weighted by Gasteiger charge is -2.17. The fourth-order valence-corrected chi connectivity index (χ4v) is 1.61. The van der Waals surface area contributed by atoms with E-state index in [1.54, 1.807) is 24.5 Å². The molecule has 0 fully saturated rings. The van der Waals surface area contributed by atoms with E-state index in [0.717, 1.165) is 5.56 Å². The van der Waals surface area contributed by atoms with Gasteiger partial charge in [0.1, 0.15) is 11.6 Å². The first kappa shape index (κ1) is 12.8. The number of nitrogens with one attached hydrogen (secondary N) is 1. The van der Waals surface area contributed by atoms with Gasteiger partial charge in [-0.15, -0.1) is 0 Å². The third-order valence-electron chi connectivity index (χ3n) is 2.55. The zero-order valence-electron chi connectivity index (χ0n) is 10.2. The third-order valence-corrected chi connectivity index (χ3v) is 2.55. The summed E-state index contributed by atoms with van der Waals surface area (Å²) in [6.07, 6.45) is 3.17. The fraction of sp³-hybridized carbons (Fsp3) is 0.182. The fourth-order valence-electron chi connectivity index (χ4n) is 1.61. The van der Waals surface area contributed by atoms with Crippen LogP contribution in [0.25, 0.3) is 0 Å². The second kappa shape index (κ2) is 5.36. The Kier molecular flexibility index (Phi) is 3.62. The topological polar surface area (TPSA) is 110 Å². The van der Waals surface area contributed by atoms with Gasteiger partial charge in [0.15, 0.2) is 0 Å². The lowest BCUT2D eigenvalue weighted by molar-refractivity contribution is -0.384.